The summed E-state index contributed by atoms with van der Waals surface area (Å²) in [5.74, 6) is 0. The third-order valence-corrected chi connectivity index (χ3v) is 3.37. The topological polar surface area (TPSA) is 34.1 Å². The molecule has 0 saturated heterocycles. The Bertz CT molecular complexity index is 275. The number of aromatic nitrogens is 1. The lowest BCUT2D eigenvalue weighted by Gasteiger charge is -2.12. The van der Waals surface area contributed by atoms with E-state index in [1.54, 1.807) is 11.3 Å². The van der Waals surface area contributed by atoms with Crippen LogP contribution in [-0.4, -0.2) is 31.3 Å². The van der Waals surface area contributed by atoms with Crippen molar-refractivity contribution in [3.05, 3.63) is 16.1 Å². The average molecular weight is 228 g/mol. The van der Waals surface area contributed by atoms with Gasteiger partial charge in [-0.3, -0.25) is 0 Å². The minimum Gasteiger partial charge on any atom is -0.378 e. The summed E-state index contributed by atoms with van der Waals surface area (Å²) < 4.78 is 5.71. The number of hydrogen-bond donors (Lipinski definition) is 1. The summed E-state index contributed by atoms with van der Waals surface area (Å²) in [5.41, 5.74) is 3.04. The standard InChI is InChI=1S/C11H20N2OS/c1-9(4-6-12-3)14-7-5-11-10(2)13-8-15-11/h8-9,12H,4-7H2,1-3H3. The molecule has 0 amide bonds. The van der Waals surface area contributed by atoms with Crippen LogP contribution < -0.4 is 5.32 Å². The van der Waals surface area contributed by atoms with E-state index in [1.807, 2.05) is 12.6 Å². The normalized spacial score (nSPS) is 13.0. The van der Waals surface area contributed by atoms with Crippen molar-refractivity contribution < 1.29 is 4.74 Å². The Morgan fingerprint density at radius 3 is 3.00 bits per heavy atom. The van der Waals surface area contributed by atoms with Crippen LogP contribution in [0.1, 0.15) is 23.9 Å². The van der Waals surface area contributed by atoms with Gasteiger partial charge in [0.25, 0.3) is 0 Å². The van der Waals surface area contributed by atoms with Gasteiger partial charge in [-0.15, -0.1) is 11.3 Å². The molecular formula is C11H20N2OS. The van der Waals surface area contributed by atoms with Crippen molar-refractivity contribution in [1.29, 1.82) is 0 Å². The van der Waals surface area contributed by atoms with Crippen LogP contribution in [0.2, 0.25) is 0 Å². The third-order valence-electron chi connectivity index (χ3n) is 2.38. The maximum absolute atomic E-state index is 5.71. The lowest BCUT2D eigenvalue weighted by molar-refractivity contribution is 0.0633. The summed E-state index contributed by atoms with van der Waals surface area (Å²) in [6, 6.07) is 0. The van der Waals surface area contributed by atoms with Crippen molar-refractivity contribution in [2.75, 3.05) is 20.2 Å². The zero-order valence-electron chi connectivity index (χ0n) is 9.75. The van der Waals surface area contributed by atoms with Gasteiger partial charge >= 0.3 is 0 Å². The fourth-order valence-corrected chi connectivity index (χ4v) is 2.11. The lowest BCUT2D eigenvalue weighted by Crippen LogP contribution is -2.18. The Balaban J connectivity index is 2.13. The maximum Gasteiger partial charge on any atom is 0.0797 e. The SMILES string of the molecule is CNCCC(C)OCCc1scnc1C. The smallest absolute Gasteiger partial charge is 0.0797 e. The molecule has 0 bridgehead atoms. The van der Waals surface area contributed by atoms with E-state index in [-0.39, 0.29) is 0 Å². The molecule has 1 atom stereocenters. The molecule has 1 N–H and O–H groups in total. The molecule has 1 aromatic heterocycles. The molecule has 0 spiro atoms. The minimum absolute atomic E-state index is 0.339. The molecule has 15 heavy (non-hydrogen) atoms. The number of nitrogens with one attached hydrogen (secondary N) is 1. The highest BCUT2D eigenvalue weighted by Gasteiger charge is 2.04. The van der Waals surface area contributed by atoms with E-state index in [2.05, 4.69) is 24.1 Å². The van der Waals surface area contributed by atoms with Crippen molar-refractivity contribution in [2.45, 2.75) is 32.8 Å². The molecule has 0 radical (unpaired) electrons. The first kappa shape index (κ1) is 12.6. The van der Waals surface area contributed by atoms with Gasteiger partial charge < -0.3 is 10.1 Å². The maximum atomic E-state index is 5.71. The van der Waals surface area contributed by atoms with Crippen molar-refractivity contribution in [1.82, 2.24) is 10.3 Å². The predicted molar refractivity (Wildman–Crippen MR) is 64.5 cm³/mol. The number of nitrogens with zero attached hydrogens (tertiary/aromatic N) is 1. The fourth-order valence-electron chi connectivity index (χ4n) is 1.35. The van der Waals surface area contributed by atoms with Gasteiger partial charge in [0.2, 0.25) is 0 Å². The first-order chi connectivity index (χ1) is 7.24. The van der Waals surface area contributed by atoms with Crippen molar-refractivity contribution >= 4 is 11.3 Å². The van der Waals surface area contributed by atoms with Gasteiger partial charge in [0, 0.05) is 11.3 Å². The summed E-state index contributed by atoms with van der Waals surface area (Å²) in [6.45, 7) is 5.99. The highest BCUT2D eigenvalue weighted by molar-refractivity contribution is 7.09. The first-order valence-electron chi connectivity index (χ1n) is 5.39. The Kier molecular flexibility index (Phi) is 5.83. The van der Waals surface area contributed by atoms with Gasteiger partial charge in [0.15, 0.2) is 0 Å². The number of thiazole rings is 1. The van der Waals surface area contributed by atoms with Crippen LogP contribution in [0.25, 0.3) is 0 Å². The molecule has 0 aliphatic carbocycles. The van der Waals surface area contributed by atoms with Crippen molar-refractivity contribution in [3.63, 3.8) is 0 Å². The molecule has 0 saturated carbocycles. The van der Waals surface area contributed by atoms with Crippen molar-refractivity contribution in [3.8, 4) is 0 Å². The molecule has 0 aliphatic heterocycles. The van der Waals surface area contributed by atoms with Gasteiger partial charge in [-0.1, -0.05) is 0 Å². The predicted octanol–water partition coefficient (Wildman–Crippen LogP) is 2.01. The van der Waals surface area contributed by atoms with E-state index in [0.717, 1.165) is 31.7 Å². The molecule has 1 rings (SSSR count). The molecular weight excluding hydrogens is 208 g/mol. The number of aryl methyl sites for hydroxylation is 1. The summed E-state index contributed by atoms with van der Waals surface area (Å²) in [7, 11) is 1.97. The van der Waals surface area contributed by atoms with Gasteiger partial charge in [-0.05, 0) is 33.9 Å². The van der Waals surface area contributed by atoms with Crippen LogP contribution >= 0.6 is 11.3 Å². The zero-order valence-corrected chi connectivity index (χ0v) is 10.6. The van der Waals surface area contributed by atoms with Gasteiger partial charge in [0.1, 0.15) is 0 Å². The van der Waals surface area contributed by atoms with Crippen LogP contribution in [-0.2, 0) is 11.2 Å². The summed E-state index contributed by atoms with van der Waals surface area (Å²) in [6.07, 6.45) is 2.39. The Labute approximate surface area is 95.9 Å². The molecule has 86 valence electrons. The van der Waals surface area contributed by atoms with Gasteiger partial charge in [-0.25, -0.2) is 4.98 Å². The number of ether oxygens (including phenoxy) is 1. The number of rotatable bonds is 7. The second kappa shape index (κ2) is 6.93. The van der Waals surface area contributed by atoms with Crippen LogP contribution in [0.15, 0.2) is 5.51 Å². The van der Waals surface area contributed by atoms with Crippen molar-refractivity contribution in [2.24, 2.45) is 0 Å². The Morgan fingerprint density at radius 1 is 1.60 bits per heavy atom. The van der Waals surface area contributed by atoms with E-state index < -0.39 is 0 Å². The molecule has 1 unspecified atom stereocenters. The summed E-state index contributed by atoms with van der Waals surface area (Å²) >= 11 is 1.72. The highest BCUT2D eigenvalue weighted by atomic mass is 32.1. The van der Waals surface area contributed by atoms with E-state index >= 15 is 0 Å². The number of hydrogen-bond acceptors (Lipinski definition) is 4. The molecule has 1 heterocycles. The first-order valence-corrected chi connectivity index (χ1v) is 6.27. The van der Waals surface area contributed by atoms with E-state index in [9.17, 15) is 0 Å². The van der Waals surface area contributed by atoms with Gasteiger partial charge in [-0.2, -0.15) is 0 Å². The van der Waals surface area contributed by atoms with Crippen LogP contribution in [0.3, 0.4) is 0 Å². The molecule has 1 aromatic rings. The summed E-state index contributed by atoms with van der Waals surface area (Å²) in [4.78, 5) is 5.56. The quantitative estimate of drug-likeness (QED) is 0.775. The minimum atomic E-state index is 0.339. The van der Waals surface area contributed by atoms with Gasteiger partial charge in [0.05, 0.1) is 23.9 Å². The molecule has 0 fully saturated rings. The fraction of sp³-hybridized carbons (Fsp3) is 0.727. The average Bonchev–Trinajstić information content (AvgIpc) is 2.61. The van der Waals surface area contributed by atoms with E-state index in [1.165, 1.54) is 4.88 Å². The lowest BCUT2D eigenvalue weighted by atomic mass is 10.3. The van der Waals surface area contributed by atoms with Crippen LogP contribution in [0.4, 0.5) is 0 Å². The molecule has 4 heteroatoms. The Hall–Kier alpha value is -0.450. The molecule has 0 aromatic carbocycles. The van der Waals surface area contributed by atoms with E-state index in [0.29, 0.717) is 6.10 Å². The second-order valence-corrected chi connectivity index (χ2v) is 4.62. The largest absolute Gasteiger partial charge is 0.378 e. The van der Waals surface area contributed by atoms with Crippen LogP contribution in [0, 0.1) is 6.92 Å². The second-order valence-electron chi connectivity index (χ2n) is 3.68. The Morgan fingerprint density at radius 2 is 2.40 bits per heavy atom. The third kappa shape index (κ3) is 4.73. The summed E-state index contributed by atoms with van der Waals surface area (Å²) in [5, 5.41) is 3.12. The molecule has 3 nitrogen and oxygen atoms in total. The monoisotopic (exact) mass is 228 g/mol. The highest BCUT2D eigenvalue weighted by Crippen LogP contribution is 2.13. The molecule has 0 aliphatic rings. The van der Waals surface area contributed by atoms with E-state index in [4.69, 9.17) is 4.74 Å². The zero-order chi connectivity index (χ0) is 11.1. The van der Waals surface area contributed by atoms with Crippen LogP contribution in [0.5, 0.6) is 0 Å².